The molecule has 1 atom stereocenters. The van der Waals surface area contributed by atoms with E-state index in [4.69, 9.17) is 5.11 Å². The normalized spacial score (nSPS) is 15.8. The number of nitrogens with zero attached hydrogens (tertiary/aromatic N) is 3. The Labute approximate surface area is 107 Å². The van der Waals surface area contributed by atoms with Crippen LogP contribution in [-0.2, 0) is 17.1 Å². The number of nitrogens with one attached hydrogen (secondary N) is 1. The third kappa shape index (κ3) is 3.45. The van der Waals surface area contributed by atoms with Crippen LogP contribution in [0.2, 0.25) is 0 Å². The average molecular weight is 329 g/mol. The molecule has 0 saturated heterocycles. The molecule has 0 saturated carbocycles. The summed E-state index contributed by atoms with van der Waals surface area (Å²) in [5.41, 5.74) is -1.52. The van der Waals surface area contributed by atoms with Gasteiger partial charge in [-0.25, -0.2) is 17.8 Å². The van der Waals surface area contributed by atoms with Crippen LogP contribution in [0.1, 0.15) is 6.92 Å². The van der Waals surface area contributed by atoms with Gasteiger partial charge in [-0.1, -0.05) is 5.21 Å². The van der Waals surface area contributed by atoms with Gasteiger partial charge < -0.3 is 10.2 Å². The third-order valence-electron chi connectivity index (χ3n) is 1.98. The highest BCUT2D eigenvalue weighted by Crippen LogP contribution is 2.17. The van der Waals surface area contributed by atoms with Gasteiger partial charge >= 0.3 is 0 Å². The highest BCUT2D eigenvalue weighted by atomic mass is 79.9. The zero-order valence-electron chi connectivity index (χ0n) is 9.25. The average Bonchev–Trinajstić information content (AvgIpc) is 2.57. The summed E-state index contributed by atoms with van der Waals surface area (Å²) >= 11 is 2.96. The molecule has 1 heterocycles. The van der Waals surface area contributed by atoms with Gasteiger partial charge in [0.1, 0.15) is 0 Å². The number of halogens is 1. The Hall–Kier alpha value is -0.550. The minimum absolute atomic E-state index is 0.0798. The van der Waals surface area contributed by atoms with Crippen molar-refractivity contribution >= 4 is 26.0 Å². The predicted molar refractivity (Wildman–Crippen MR) is 61.6 cm³/mol. The van der Waals surface area contributed by atoms with E-state index in [1.54, 1.807) is 0 Å². The summed E-state index contributed by atoms with van der Waals surface area (Å²) in [5.74, 6) is 0. The molecule has 10 heteroatoms. The van der Waals surface area contributed by atoms with Crippen molar-refractivity contribution in [2.75, 3.05) is 13.2 Å². The number of aromatic nitrogens is 3. The smallest absolute Gasteiger partial charge is 0.260 e. The van der Waals surface area contributed by atoms with Crippen LogP contribution in [0.3, 0.4) is 0 Å². The molecule has 1 rings (SSSR count). The van der Waals surface area contributed by atoms with Crippen molar-refractivity contribution in [1.82, 2.24) is 19.7 Å². The quantitative estimate of drug-likeness (QED) is 0.612. The van der Waals surface area contributed by atoms with Crippen LogP contribution in [0, 0.1) is 0 Å². The molecule has 8 nitrogen and oxygen atoms in total. The second kappa shape index (κ2) is 4.98. The van der Waals surface area contributed by atoms with Crippen molar-refractivity contribution in [3.8, 4) is 0 Å². The van der Waals surface area contributed by atoms with Gasteiger partial charge in [0.15, 0.2) is 4.60 Å². The predicted octanol–water partition coefficient (Wildman–Crippen LogP) is -1.40. The van der Waals surface area contributed by atoms with E-state index in [1.807, 2.05) is 0 Å². The lowest BCUT2D eigenvalue weighted by molar-refractivity contribution is 0.00679. The lowest BCUT2D eigenvalue weighted by Crippen LogP contribution is -2.43. The Balaban J connectivity index is 2.91. The highest BCUT2D eigenvalue weighted by Gasteiger charge is 2.27. The summed E-state index contributed by atoms with van der Waals surface area (Å²) in [6.07, 6.45) is 0. The Kier molecular flexibility index (Phi) is 4.25. The van der Waals surface area contributed by atoms with Crippen molar-refractivity contribution in [3.05, 3.63) is 4.60 Å². The molecule has 98 valence electrons. The number of aryl methyl sites for hydroxylation is 1. The monoisotopic (exact) mass is 328 g/mol. The van der Waals surface area contributed by atoms with Crippen LogP contribution in [0.4, 0.5) is 0 Å². The number of aliphatic hydroxyl groups is 2. The standard InChI is InChI=1S/C7H13BrN4O4S/c1-7(14,4-13)3-9-17(15,16)6-5(8)10-11-12(6)2/h9,13-14H,3-4H2,1-2H3. The molecular weight excluding hydrogens is 316 g/mol. The Morgan fingerprint density at radius 1 is 1.59 bits per heavy atom. The third-order valence-corrected chi connectivity index (χ3v) is 4.26. The Morgan fingerprint density at radius 3 is 2.59 bits per heavy atom. The first-order chi connectivity index (χ1) is 7.69. The maximum absolute atomic E-state index is 11.9. The van der Waals surface area contributed by atoms with E-state index in [2.05, 4.69) is 31.0 Å². The number of hydrogen-bond acceptors (Lipinski definition) is 6. The molecule has 1 unspecified atom stereocenters. The Bertz CT molecular complexity index is 478. The molecule has 1 aromatic rings. The van der Waals surface area contributed by atoms with E-state index in [9.17, 15) is 13.5 Å². The molecule has 0 fully saturated rings. The molecule has 0 amide bonds. The highest BCUT2D eigenvalue weighted by molar-refractivity contribution is 9.10. The summed E-state index contributed by atoms with van der Waals surface area (Å²) in [5, 5.41) is 25.2. The number of rotatable bonds is 5. The first-order valence-electron chi connectivity index (χ1n) is 4.58. The van der Waals surface area contributed by atoms with Gasteiger partial charge in [-0.15, -0.1) is 5.10 Å². The van der Waals surface area contributed by atoms with Gasteiger partial charge in [0.05, 0.1) is 12.2 Å². The van der Waals surface area contributed by atoms with Gasteiger partial charge in [-0.05, 0) is 22.9 Å². The van der Waals surface area contributed by atoms with Gasteiger partial charge in [0, 0.05) is 13.6 Å². The van der Waals surface area contributed by atoms with Gasteiger partial charge in [0.25, 0.3) is 10.0 Å². The first-order valence-corrected chi connectivity index (χ1v) is 6.85. The first kappa shape index (κ1) is 14.5. The number of sulfonamides is 1. The molecule has 0 aliphatic rings. The molecule has 0 spiro atoms. The fourth-order valence-electron chi connectivity index (χ4n) is 0.983. The van der Waals surface area contributed by atoms with E-state index in [0.717, 1.165) is 4.68 Å². The molecule has 3 N–H and O–H groups in total. The van der Waals surface area contributed by atoms with E-state index in [1.165, 1.54) is 14.0 Å². The van der Waals surface area contributed by atoms with E-state index < -0.39 is 22.2 Å². The summed E-state index contributed by atoms with van der Waals surface area (Å²) in [6.45, 7) is 0.440. The summed E-state index contributed by atoms with van der Waals surface area (Å²) in [6, 6.07) is 0. The van der Waals surface area contributed by atoms with Crippen molar-refractivity contribution in [2.24, 2.45) is 7.05 Å². The van der Waals surface area contributed by atoms with E-state index in [0.29, 0.717) is 0 Å². The van der Waals surface area contributed by atoms with Crippen LogP contribution in [0.5, 0.6) is 0 Å². The van der Waals surface area contributed by atoms with E-state index in [-0.39, 0.29) is 16.2 Å². The maximum Gasteiger partial charge on any atom is 0.260 e. The largest absolute Gasteiger partial charge is 0.393 e. The van der Waals surface area contributed by atoms with E-state index >= 15 is 0 Å². The molecule has 0 aliphatic carbocycles. The maximum atomic E-state index is 11.9. The van der Waals surface area contributed by atoms with Crippen molar-refractivity contribution in [2.45, 2.75) is 17.6 Å². The van der Waals surface area contributed by atoms with Gasteiger partial charge in [-0.2, -0.15) is 0 Å². The van der Waals surface area contributed by atoms with Crippen molar-refractivity contribution in [3.63, 3.8) is 0 Å². The molecule has 0 aromatic carbocycles. The van der Waals surface area contributed by atoms with Crippen LogP contribution < -0.4 is 4.72 Å². The second-order valence-corrected chi connectivity index (χ2v) is 6.22. The number of aliphatic hydroxyl groups excluding tert-OH is 1. The molecule has 1 aromatic heterocycles. The van der Waals surface area contributed by atoms with Gasteiger partial charge in [-0.3, -0.25) is 0 Å². The fraction of sp³-hybridized carbons (Fsp3) is 0.714. The van der Waals surface area contributed by atoms with Crippen LogP contribution >= 0.6 is 15.9 Å². The van der Waals surface area contributed by atoms with Crippen LogP contribution in [0.25, 0.3) is 0 Å². The molecular formula is C7H13BrN4O4S. The molecule has 0 aliphatic heterocycles. The second-order valence-electron chi connectivity index (χ2n) is 3.79. The number of hydrogen-bond donors (Lipinski definition) is 3. The summed E-state index contributed by atoms with van der Waals surface area (Å²) in [4.78, 5) is 0. The van der Waals surface area contributed by atoms with Gasteiger partial charge in [0.2, 0.25) is 5.03 Å². The zero-order chi connectivity index (χ0) is 13.3. The van der Waals surface area contributed by atoms with Crippen molar-refractivity contribution in [1.29, 1.82) is 0 Å². The fourth-order valence-corrected chi connectivity index (χ4v) is 3.23. The SMILES string of the molecule is Cn1nnc(Br)c1S(=O)(=O)NCC(C)(O)CO. The molecule has 0 radical (unpaired) electrons. The minimum atomic E-state index is -3.85. The van der Waals surface area contributed by atoms with Crippen LogP contribution in [-0.4, -0.2) is 52.4 Å². The molecule has 17 heavy (non-hydrogen) atoms. The Morgan fingerprint density at radius 2 is 2.18 bits per heavy atom. The lowest BCUT2D eigenvalue weighted by atomic mass is 10.1. The topological polar surface area (TPSA) is 117 Å². The van der Waals surface area contributed by atoms with Crippen molar-refractivity contribution < 1.29 is 18.6 Å². The van der Waals surface area contributed by atoms with Crippen LogP contribution in [0.15, 0.2) is 9.63 Å². The summed E-state index contributed by atoms with van der Waals surface area (Å²) in [7, 11) is -2.42. The zero-order valence-corrected chi connectivity index (χ0v) is 11.7. The minimum Gasteiger partial charge on any atom is -0.393 e. The summed E-state index contributed by atoms with van der Waals surface area (Å²) < 4.78 is 27.1. The molecule has 0 bridgehead atoms. The lowest BCUT2D eigenvalue weighted by Gasteiger charge is -2.20.